The highest BCUT2D eigenvalue weighted by molar-refractivity contribution is 5.94. The molecule has 42 heavy (non-hydrogen) atoms. The molecule has 9 nitrogen and oxygen atoms in total. The SMILES string of the molecule is C=CC(=O)N1CCN(c2nc(OCC3CCCCN3C)nc3c2CCN(c2cccc4ccccc24)C3)CC1CC#N. The normalized spacial score (nSPS) is 21.1. The Morgan fingerprint density at radius 1 is 1.07 bits per heavy atom. The fourth-order valence-electron chi connectivity index (χ4n) is 6.66. The Hall–Kier alpha value is -4.16. The van der Waals surface area contributed by atoms with Crippen molar-refractivity contribution in [2.24, 2.45) is 0 Å². The van der Waals surface area contributed by atoms with Crippen molar-refractivity contribution in [3.8, 4) is 12.1 Å². The van der Waals surface area contributed by atoms with Crippen molar-refractivity contribution in [2.45, 2.75) is 50.7 Å². The number of anilines is 2. The van der Waals surface area contributed by atoms with Crippen LogP contribution in [0.4, 0.5) is 11.5 Å². The van der Waals surface area contributed by atoms with E-state index in [0.717, 1.165) is 43.0 Å². The molecule has 1 aromatic heterocycles. The van der Waals surface area contributed by atoms with Gasteiger partial charge in [-0.3, -0.25) is 4.79 Å². The molecule has 3 aliphatic rings. The summed E-state index contributed by atoms with van der Waals surface area (Å²) in [7, 11) is 2.16. The summed E-state index contributed by atoms with van der Waals surface area (Å²) in [5.41, 5.74) is 3.32. The second-order valence-corrected chi connectivity index (χ2v) is 11.6. The van der Waals surface area contributed by atoms with Crippen molar-refractivity contribution in [3.63, 3.8) is 0 Å². The number of benzene rings is 2. The number of hydrogen-bond donors (Lipinski definition) is 0. The van der Waals surface area contributed by atoms with Gasteiger partial charge < -0.3 is 24.3 Å². The summed E-state index contributed by atoms with van der Waals surface area (Å²) in [6.07, 6.45) is 5.94. The highest BCUT2D eigenvalue weighted by Gasteiger charge is 2.33. The molecule has 0 spiro atoms. The monoisotopic (exact) mass is 565 g/mol. The Labute approximate surface area is 248 Å². The van der Waals surface area contributed by atoms with E-state index >= 15 is 0 Å². The number of hydrogen-bond acceptors (Lipinski definition) is 8. The molecule has 0 radical (unpaired) electrons. The molecule has 0 saturated carbocycles. The number of fused-ring (bicyclic) bond motifs is 2. The molecule has 2 fully saturated rings. The maximum Gasteiger partial charge on any atom is 0.318 e. The van der Waals surface area contributed by atoms with Gasteiger partial charge in [0.25, 0.3) is 0 Å². The third kappa shape index (κ3) is 5.64. The van der Waals surface area contributed by atoms with Crippen LogP contribution in [0.2, 0.25) is 0 Å². The van der Waals surface area contributed by atoms with Gasteiger partial charge in [0.1, 0.15) is 12.4 Å². The summed E-state index contributed by atoms with van der Waals surface area (Å²) in [4.78, 5) is 31.3. The number of aromatic nitrogens is 2. The summed E-state index contributed by atoms with van der Waals surface area (Å²) in [5.74, 6) is 0.740. The molecule has 6 rings (SSSR count). The highest BCUT2D eigenvalue weighted by atomic mass is 16.5. The number of piperidine rings is 1. The van der Waals surface area contributed by atoms with Gasteiger partial charge in [-0.05, 0) is 50.4 Å². The van der Waals surface area contributed by atoms with E-state index in [1.807, 2.05) is 0 Å². The van der Waals surface area contributed by atoms with E-state index in [0.29, 0.717) is 44.8 Å². The van der Waals surface area contributed by atoms with Crippen LogP contribution in [0.15, 0.2) is 55.1 Å². The molecule has 9 heteroatoms. The van der Waals surface area contributed by atoms with E-state index in [2.05, 4.69) is 76.9 Å². The van der Waals surface area contributed by atoms with Crippen molar-refractivity contribution in [3.05, 3.63) is 66.4 Å². The lowest BCUT2D eigenvalue weighted by atomic mass is 10.0. The highest BCUT2D eigenvalue weighted by Crippen LogP contribution is 2.35. The van der Waals surface area contributed by atoms with E-state index in [4.69, 9.17) is 14.7 Å². The van der Waals surface area contributed by atoms with Crippen LogP contribution >= 0.6 is 0 Å². The van der Waals surface area contributed by atoms with Gasteiger partial charge in [-0.25, -0.2) is 0 Å². The first-order valence-corrected chi connectivity index (χ1v) is 15.1. The molecule has 2 saturated heterocycles. The Kier molecular flexibility index (Phi) is 8.24. The van der Waals surface area contributed by atoms with E-state index in [9.17, 15) is 10.1 Å². The van der Waals surface area contributed by atoms with Gasteiger partial charge in [0.2, 0.25) is 5.91 Å². The summed E-state index contributed by atoms with van der Waals surface area (Å²) >= 11 is 0. The van der Waals surface area contributed by atoms with Crippen LogP contribution in [0.25, 0.3) is 10.8 Å². The summed E-state index contributed by atoms with van der Waals surface area (Å²) in [5, 5.41) is 12.0. The summed E-state index contributed by atoms with van der Waals surface area (Å²) < 4.78 is 6.34. The van der Waals surface area contributed by atoms with Crippen LogP contribution in [0, 0.1) is 11.3 Å². The van der Waals surface area contributed by atoms with Crippen molar-refractivity contribution in [2.75, 3.05) is 56.2 Å². The number of carbonyl (C=O) groups excluding carboxylic acids is 1. The fraction of sp³-hybridized carbons (Fsp3) is 0.455. The van der Waals surface area contributed by atoms with Crippen LogP contribution in [-0.2, 0) is 17.8 Å². The molecule has 0 N–H and O–H groups in total. The molecule has 4 heterocycles. The Morgan fingerprint density at radius 3 is 2.76 bits per heavy atom. The molecule has 0 bridgehead atoms. The predicted molar refractivity (Wildman–Crippen MR) is 165 cm³/mol. The largest absolute Gasteiger partial charge is 0.462 e. The van der Waals surface area contributed by atoms with Gasteiger partial charge >= 0.3 is 6.01 Å². The van der Waals surface area contributed by atoms with E-state index in [1.54, 1.807) is 4.90 Å². The molecule has 3 aliphatic heterocycles. The molecule has 2 atom stereocenters. The molecular weight excluding hydrogens is 526 g/mol. The van der Waals surface area contributed by atoms with Crippen LogP contribution in [0.3, 0.4) is 0 Å². The lowest BCUT2D eigenvalue weighted by Gasteiger charge is -2.42. The molecule has 1 amide bonds. The van der Waals surface area contributed by atoms with Gasteiger partial charge in [0, 0.05) is 48.9 Å². The topological polar surface area (TPSA) is 88.8 Å². The molecular formula is C33H39N7O2. The third-order valence-corrected chi connectivity index (χ3v) is 9.02. The first-order valence-electron chi connectivity index (χ1n) is 15.1. The Balaban J connectivity index is 1.32. The van der Waals surface area contributed by atoms with Crippen LogP contribution in [0.5, 0.6) is 6.01 Å². The number of carbonyl (C=O) groups is 1. The van der Waals surface area contributed by atoms with Gasteiger partial charge in [-0.15, -0.1) is 0 Å². The van der Waals surface area contributed by atoms with E-state index in [1.165, 1.54) is 35.4 Å². The quantitative estimate of drug-likeness (QED) is 0.395. The summed E-state index contributed by atoms with van der Waals surface area (Å²) in [6, 6.07) is 17.8. The lowest BCUT2D eigenvalue weighted by Crippen LogP contribution is -2.55. The minimum absolute atomic E-state index is 0.133. The number of likely N-dealkylation sites (tertiary alicyclic amines) is 1. The zero-order valence-corrected chi connectivity index (χ0v) is 24.4. The van der Waals surface area contributed by atoms with Crippen molar-refractivity contribution in [1.29, 1.82) is 5.26 Å². The number of nitrogens with zero attached hydrogens (tertiary/aromatic N) is 7. The minimum atomic E-state index is -0.226. The molecule has 218 valence electrons. The van der Waals surface area contributed by atoms with E-state index in [-0.39, 0.29) is 18.4 Å². The standard InChI is InChI=1S/C33H39N7O2/c1-3-31(41)40-20-19-39(21-25(40)14-16-34)32-28-15-18-38(30-13-8-10-24-9-4-5-12-27(24)30)22-29(28)35-33(36-32)42-23-26-11-6-7-17-37(26)2/h3-5,8-10,12-13,25-26H,1,6-7,11,14-15,17-23H2,2H3. The van der Waals surface area contributed by atoms with Gasteiger partial charge in [0.15, 0.2) is 0 Å². The number of ether oxygens (including phenoxy) is 1. The lowest BCUT2D eigenvalue weighted by molar-refractivity contribution is -0.128. The van der Waals surface area contributed by atoms with Crippen molar-refractivity contribution < 1.29 is 9.53 Å². The van der Waals surface area contributed by atoms with Crippen LogP contribution < -0.4 is 14.5 Å². The average Bonchev–Trinajstić information content (AvgIpc) is 3.03. The summed E-state index contributed by atoms with van der Waals surface area (Å²) in [6.45, 7) is 8.49. The predicted octanol–water partition coefficient (Wildman–Crippen LogP) is 4.17. The van der Waals surface area contributed by atoms with Crippen molar-refractivity contribution >= 4 is 28.2 Å². The number of rotatable bonds is 7. The first kappa shape index (κ1) is 28.0. The number of nitriles is 1. The first-order chi connectivity index (χ1) is 20.6. The maximum atomic E-state index is 12.5. The molecule has 2 aromatic carbocycles. The third-order valence-electron chi connectivity index (χ3n) is 9.02. The molecule has 2 unspecified atom stereocenters. The van der Waals surface area contributed by atoms with Gasteiger partial charge in [-0.1, -0.05) is 49.4 Å². The zero-order valence-electron chi connectivity index (χ0n) is 24.4. The molecule has 0 aliphatic carbocycles. The minimum Gasteiger partial charge on any atom is -0.462 e. The van der Waals surface area contributed by atoms with Crippen LogP contribution in [0.1, 0.15) is 36.9 Å². The fourth-order valence-corrected chi connectivity index (χ4v) is 6.66. The van der Waals surface area contributed by atoms with Gasteiger partial charge in [0.05, 0.1) is 30.8 Å². The van der Waals surface area contributed by atoms with Gasteiger partial charge in [-0.2, -0.15) is 15.2 Å². The van der Waals surface area contributed by atoms with Crippen LogP contribution in [-0.4, -0.2) is 84.1 Å². The Bertz CT molecular complexity index is 1500. The maximum absolute atomic E-state index is 12.5. The van der Waals surface area contributed by atoms with E-state index < -0.39 is 0 Å². The number of amides is 1. The Morgan fingerprint density at radius 2 is 1.93 bits per heavy atom. The van der Waals surface area contributed by atoms with Crippen molar-refractivity contribution in [1.82, 2.24) is 19.8 Å². The number of likely N-dealkylation sites (N-methyl/N-ethyl adjacent to an activating group) is 1. The zero-order chi connectivity index (χ0) is 29.1. The second-order valence-electron chi connectivity index (χ2n) is 11.6. The smallest absolute Gasteiger partial charge is 0.318 e. The second kappa shape index (κ2) is 12.4. The average molecular weight is 566 g/mol. The molecule has 3 aromatic rings. The number of piperazine rings is 1.